The van der Waals surface area contributed by atoms with E-state index in [1.807, 2.05) is 26.8 Å². The van der Waals surface area contributed by atoms with Crippen molar-refractivity contribution < 1.29 is 0 Å². The van der Waals surface area contributed by atoms with E-state index in [0.717, 1.165) is 11.1 Å². The molecule has 0 amide bonds. The summed E-state index contributed by atoms with van der Waals surface area (Å²) in [5.74, 6) is 0. The summed E-state index contributed by atoms with van der Waals surface area (Å²) < 4.78 is 2.73. The molecule has 2 aromatic rings. The van der Waals surface area contributed by atoms with E-state index in [1.165, 1.54) is 9.13 Å². The Morgan fingerprint density at radius 3 is 2.57 bits per heavy atom. The Balaban J connectivity index is 2.56. The van der Waals surface area contributed by atoms with Gasteiger partial charge in [-0.2, -0.15) is 0 Å². The zero-order valence-corrected chi connectivity index (χ0v) is 13.0. The van der Waals surface area contributed by atoms with Gasteiger partial charge in [0.1, 0.15) is 0 Å². The highest BCUT2D eigenvalue weighted by Gasteiger charge is 2.09. The van der Waals surface area contributed by atoms with Crippen molar-refractivity contribution in [3.05, 3.63) is 73.5 Å². The Hall–Kier alpha value is -2.07. The molecule has 1 aromatic carbocycles. The van der Waals surface area contributed by atoms with Gasteiger partial charge >= 0.3 is 11.1 Å². The summed E-state index contributed by atoms with van der Waals surface area (Å²) in [6, 6.07) is 5.27. The number of aromatic nitrogens is 2. The molecular weight excluding hydrogens is 288 g/mol. The summed E-state index contributed by atoms with van der Waals surface area (Å²) in [7, 11) is 0. The molecule has 1 heterocycles. The highest BCUT2D eigenvalue weighted by molar-refractivity contribution is 6.31. The van der Waals surface area contributed by atoms with Gasteiger partial charge in [0, 0.05) is 24.0 Å². The van der Waals surface area contributed by atoms with Crippen LogP contribution in [0.4, 0.5) is 0 Å². The van der Waals surface area contributed by atoms with Crippen molar-refractivity contribution in [2.75, 3.05) is 0 Å². The van der Waals surface area contributed by atoms with Crippen LogP contribution in [0.3, 0.4) is 0 Å². The first-order chi connectivity index (χ1) is 9.91. The molecular formula is C16H17ClN2O2. The van der Waals surface area contributed by atoms with Crippen LogP contribution in [0.5, 0.6) is 0 Å². The largest absolute Gasteiger partial charge is 0.320 e. The minimum Gasteiger partial charge on any atom is -0.305 e. The maximum atomic E-state index is 12.3. The van der Waals surface area contributed by atoms with Crippen LogP contribution in [0.15, 0.2) is 51.8 Å². The van der Waals surface area contributed by atoms with Gasteiger partial charge in [-0.15, -0.1) is 0 Å². The summed E-state index contributed by atoms with van der Waals surface area (Å²) in [4.78, 5) is 24.4. The van der Waals surface area contributed by atoms with Gasteiger partial charge < -0.3 is 4.57 Å². The van der Waals surface area contributed by atoms with Crippen LogP contribution in [-0.2, 0) is 6.54 Å². The number of hydrogen-bond donors (Lipinski definition) is 0. The van der Waals surface area contributed by atoms with E-state index in [-0.39, 0.29) is 0 Å². The smallest absolute Gasteiger partial charge is 0.305 e. The average Bonchev–Trinajstić information content (AvgIpc) is 2.44. The number of halogens is 1. The van der Waals surface area contributed by atoms with E-state index in [4.69, 9.17) is 11.6 Å². The predicted molar refractivity (Wildman–Crippen MR) is 85.5 cm³/mol. The molecule has 5 heteroatoms. The summed E-state index contributed by atoms with van der Waals surface area (Å²) in [6.45, 7) is 6.10. The predicted octanol–water partition coefficient (Wildman–Crippen LogP) is 2.93. The van der Waals surface area contributed by atoms with Gasteiger partial charge in [-0.05, 0) is 38.5 Å². The Morgan fingerprint density at radius 1 is 1.19 bits per heavy atom. The van der Waals surface area contributed by atoms with E-state index in [1.54, 1.807) is 30.6 Å². The third kappa shape index (κ3) is 3.16. The number of hydrogen-bond acceptors (Lipinski definition) is 2. The topological polar surface area (TPSA) is 44.0 Å². The van der Waals surface area contributed by atoms with Gasteiger partial charge in [0.15, 0.2) is 0 Å². The molecule has 0 N–H and O–H groups in total. The lowest BCUT2D eigenvalue weighted by Gasteiger charge is -2.11. The molecule has 2 rings (SSSR count). The number of nitrogens with zero attached hydrogens (tertiary/aromatic N) is 2. The first-order valence-electron chi connectivity index (χ1n) is 6.62. The molecule has 21 heavy (non-hydrogen) atoms. The van der Waals surface area contributed by atoms with Crippen LogP contribution in [0.2, 0.25) is 5.02 Å². The Morgan fingerprint density at radius 2 is 1.90 bits per heavy atom. The maximum absolute atomic E-state index is 12.3. The maximum Gasteiger partial charge on any atom is 0.320 e. The van der Waals surface area contributed by atoms with Crippen molar-refractivity contribution in [1.29, 1.82) is 0 Å². The number of benzene rings is 1. The lowest BCUT2D eigenvalue weighted by Crippen LogP contribution is -2.40. The van der Waals surface area contributed by atoms with Crippen LogP contribution < -0.4 is 11.1 Å². The Labute approximate surface area is 127 Å². The molecule has 0 spiro atoms. The van der Waals surface area contributed by atoms with E-state index < -0.39 is 11.1 Å². The van der Waals surface area contributed by atoms with Crippen LogP contribution in [0, 0.1) is 6.92 Å². The summed E-state index contributed by atoms with van der Waals surface area (Å²) in [6.07, 6.45) is 5.11. The van der Waals surface area contributed by atoms with Gasteiger partial charge in [0.2, 0.25) is 0 Å². The molecule has 0 aliphatic carbocycles. The standard InChI is InChI=1S/C16H17ClN2O2/c1-11(2)7-8-18-9-10-19(16(21)15(18)20)14-6-4-5-13(17)12(14)3/h4-7,9-10H,8H2,1-3H3. The quantitative estimate of drug-likeness (QED) is 0.646. The van der Waals surface area contributed by atoms with E-state index in [0.29, 0.717) is 17.3 Å². The second kappa shape index (κ2) is 6.14. The molecule has 0 aliphatic rings. The molecule has 0 saturated heterocycles. The monoisotopic (exact) mass is 304 g/mol. The fourth-order valence-electron chi connectivity index (χ4n) is 1.98. The van der Waals surface area contributed by atoms with E-state index in [9.17, 15) is 9.59 Å². The number of allylic oxidation sites excluding steroid dienone is 2. The van der Waals surface area contributed by atoms with Crippen LogP contribution >= 0.6 is 11.6 Å². The highest BCUT2D eigenvalue weighted by Crippen LogP contribution is 2.20. The molecule has 0 unspecified atom stereocenters. The summed E-state index contributed by atoms with van der Waals surface area (Å²) in [5.41, 5.74) is 1.36. The lowest BCUT2D eigenvalue weighted by molar-refractivity contribution is 0.728. The SMILES string of the molecule is CC(C)=CCn1ccn(-c2cccc(Cl)c2C)c(=O)c1=O. The Kier molecular flexibility index (Phi) is 4.48. The van der Waals surface area contributed by atoms with Crippen molar-refractivity contribution in [3.8, 4) is 5.69 Å². The summed E-state index contributed by atoms with van der Waals surface area (Å²) in [5, 5.41) is 0.563. The van der Waals surface area contributed by atoms with Crippen molar-refractivity contribution in [2.45, 2.75) is 27.3 Å². The molecule has 0 fully saturated rings. The fourth-order valence-corrected chi connectivity index (χ4v) is 2.15. The molecule has 0 saturated carbocycles. The first-order valence-corrected chi connectivity index (χ1v) is 7.00. The van der Waals surface area contributed by atoms with Crippen LogP contribution in [-0.4, -0.2) is 9.13 Å². The van der Waals surface area contributed by atoms with Crippen molar-refractivity contribution in [3.63, 3.8) is 0 Å². The molecule has 0 radical (unpaired) electrons. The molecule has 0 aliphatic heterocycles. The third-order valence-electron chi connectivity index (χ3n) is 3.25. The second-order valence-corrected chi connectivity index (χ2v) is 5.50. The van der Waals surface area contributed by atoms with Crippen molar-refractivity contribution >= 4 is 11.6 Å². The van der Waals surface area contributed by atoms with Crippen molar-refractivity contribution in [1.82, 2.24) is 9.13 Å². The first kappa shape index (κ1) is 15.3. The average molecular weight is 305 g/mol. The molecule has 1 aromatic heterocycles. The summed E-state index contributed by atoms with van der Waals surface area (Å²) >= 11 is 6.07. The van der Waals surface area contributed by atoms with Crippen LogP contribution in [0.1, 0.15) is 19.4 Å². The van der Waals surface area contributed by atoms with Crippen molar-refractivity contribution in [2.24, 2.45) is 0 Å². The van der Waals surface area contributed by atoms with E-state index >= 15 is 0 Å². The zero-order chi connectivity index (χ0) is 15.6. The molecule has 110 valence electrons. The Bertz CT molecular complexity index is 812. The third-order valence-corrected chi connectivity index (χ3v) is 3.66. The lowest BCUT2D eigenvalue weighted by atomic mass is 10.2. The molecule has 4 nitrogen and oxygen atoms in total. The fraction of sp³-hybridized carbons (Fsp3) is 0.250. The van der Waals surface area contributed by atoms with Gasteiger partial charge in [-0.3, -0.25) is 14.2 Å². The van der Waals surface area contributed by atoms with Gasteiger partial charge in [-0.25, -0.2) is 0 Å². The van der Waals surface area contributed by atoms with Gasteiger partial charge in [0.05, 0.1) is 5.69 Å². The molecule has 0 atom stereocenters. The minimum atomic E-state index is -0.579. The molecule has 0 bridgehead atoms. The van der Waals surface area contributed by atoms with Crippen LogP contribution in [0.25, 0.3) is 5.69 Å². The van der Waals surface area contributed by atoms with Gasteiger partial charge in [0.25, 0.3) is 0 Å². The van der Waals surface area contributed by atoms with Gasteiger partial charge in [-0.1, -0.05) is 29.3 Å². The minimum absolute atomic E-state index is 0.395. The highest BCUT2D eigenvalue weighted by atomic mass is 35.5. The van der Waals surface area contributed by atoms with E-state index in [2.05, 4.69) is 0 Å². The normalized spacial score (nSPS) is 10.5. The second-order valence-electron chi connectivity index (χ2n) is 5.10. The number of rotatable bonds is 3. The zero-order valence-electron chi connectivity index (χ0n) is 12.3.